The molecular formula is C15H18Cl2N2OS. The maximum atomic E-state index is 12.5. The van der Waals surface area contributed by atoms with E-state index in [-0.39, 0.29) is 18.3 Å². The maximum absolute atomic E-state index is 12.5. The van der Waals surface area contributed by atoms with Crippen molar-refractivity contribution < 1.29 is 4.79 Å². The Morgan fingerprint density at radius 2 is 1.95 bits per heavy atom. The van der Waals surface area contributed by atoms with Crippen LogP contribution in [0.2, 0.25) is 4.34 Å². The number of nitrogens with two attached hydrogens (primary N) is 1. The fourth-order valence-electron chi connectivity index (χ4n) is 1.97. The number of rotatable bonds is 5. The van der Waals surface area contributed by atoms with E-state index in [0.29, 0.717) is 13.1 Å². The number of thiophene rings is 1. The number of likely N-dealkylation sites (N-methyl/N-ethyl adjacent to an activating group) is 1. The van der Waals surface area contributed by atoms with Crippen molar-refractivity contribution in [2.75, 3.05) is 6.54 Å². The molecule has 1 atom stereocenters. The van der Waals surface area contributed by atoms with Crippen LogP contribution >= 0.6 is 35.3 Å². The summed E-state index contributed by atoms with van der Waals surface area (Å²) >= 11 is 7.40. The van der Waals surface area contributed by atoms with Gasteiger partial charge in [-0.15, -0.1) is 23.7 Å². The molecule has 114 valence electrons. The van der Waals surface area contributed by atoms with Crippen molar-refractivity contribution in [2.45, 2.75) is 19.5 Å². The second-order valence-electron chi connectivity index (χ2n) is 4.45. The molecule has 0 aliphatic rings. The van der Waals surface area contributed by atoms with E-state index in [1.54, 1.807) is 4.90 Å². The van der Waals surface area contributed by atoms with E-state index in [9.17, 15) is 4.79 Å². The molecule has 0 saturated heterocycles. The third-order valence-corrected chi connectivity index (χ3v) is 4.31. The highest BCUT2D eigenvalue weighted by atomic mass is 35.5. The van der Waals surface area contributed by atoms with Crippen molar-refractivity contribution in [3.8, 4) is 0 Å². The summed E-state index contributed by atoms with van der Waals surface area (Å²) in [4.78, 5) is 15.3. The Morgan fingerprint density at radius 1 is 1.29 bits per heavy atom. The van der Waals surface area contributed by atoms with Crippen molar-refractivity contribution in [2.24, 2.45) is 5.73 Å². The molecule has 1 aromatic heterocycles. The van der Waals surface area contributed by atoms with E-state index in [4.69, 9.17) is 17.3 Å². The number of carbonyl (C=O) groups is 1. The Kier molecular flexibility index (Phi) is 7.18. The van der Waals surface area contributed by atoms with Gasteiger partial charge in [0.15, 0.2) is 0 Å². The summed E-state index contributed by atoms with van der Waals surface area (Å²) in [6, 6.07) is 12.6. The molecule has 6 heteroatoms. The molecule has 1 aromatic carbocycles. The lowest BCUT2D eigenvalue weighted by molar-refractivity contribution is -0.133. The second-order valence-corrected chi connectivity index (χ2v) is 6.25. The lowest BCUT2D eigenvalue weighted by atomic mass is 10.1. The topological polar surface area (TPSA) is 46.3 Å². The number of benzene rings is 1. The number of amides is 1. The zero-order valence-electron chi connectivity index (χ0n) is 11.7. The molecule has 0 saturated carbocycles. The Balaban J connectivity index is 0.00000220. The molecule has 0 aliphatic carbocycles. The predicted molar refractivity (Wildman–Crippen MR) is 91.0 cm³/mol. The minimum absolute atomic E-state index is 0. The van der Waals surface area contributed by atoms with Crippen molar-refractivity contribution in [3.63, 3.8) is 0 Å². The summed E-state index contributed by atoms with van der Waals surface area (Å²) < 4.78 is 0.732. The van der Waals surface area contributed by atoms with Crippen LogP contribution in [0.3, 0.4) is 0 Å². The highest BCUT2D eigenvalue weighted by molar-refractivity contribution is 7.16. The lowest BCUT2D eigenvalue weighted by Gasteiger charge is -2.24. The number of carbonyl (C=O) groups excluding carboxylic acids is 1. The average Bonchev–Trinajstić information content (AvgIpc) is 2.89. The van der Waals surface area contributed by atoms with Gasteiger partial charge >= 0.3 is 0 Å². The minimum atomic E-state index is -0.619. The Bertz CT molecular complexity index is 574. The zero-order chi connectivity index (χ0) is 14.5. The molecule has 3 nitrogen and oxygen atoms in total. The van der Waals surface area contributed by atoms with Crippen molar-refractivity contribution >= 4 is 41.3 Å². The van der Waals surface area contributed by atoms with Gasteiger partial charge in [-0.25, -0.2) is 0 Å². The summed E-state index contributed by atoms with van der Waals surface area (Å²) in [5.74, 6) is -0.0665. The van der Waals surface area contributed by atoms with Gasteiger partial charge in [0.1, 0.15) is 6.04 Å². The number of hydrogen-bond acceptors (Lipinski definition) is 3. The average molecular weight is 345 g/mol. The predicted octanol–water partition coefficient (Wildman–Crippen LogP) is 3.87. The third kappa shape index (κ3) is 4.71. The third-order valence-electron chi connectivity index (χ3n) is 3.09. The molecule has 0 bridgehead atoms. The molecule has 21 heavy (non-hydrogen) atoms. The molecular weight excluding hydrogens is 327 g/mol. The molecule has 1 unspecified atom stereocenters. The van der Waals surface area contributed by atoms with E-state index in [1.807, 2.05) is 49.4 Å². The number of halogens is 2. The smallest absolute Gasteiger partial charge is 0.244 e. The van der Waals surface area contributed by atoms with Gasteiger partial charge in [-0.3, -0.25) is 4.79 Å². The molecule has 2 rings (SSSR count). The van der Waals surface area contributed by atoms with Crippen LogP contribution in [0.1, 0.15) is 23.4 Å². The monoisotopic (exact) mass is 344 g/mol. The van der Waals surface area contributed by atoms with Crippen LogP contribution in [0.5, 0.6) is 0 Å². The van der Waals surface area contributed by atoms with Crippen LogP contribution in [0, 0.1) is 0 Å². The fraction of sp³-hybridized carbons (Fsp3) is 0.267. The highest BCUT2D eigenvalue weighted by Gasteiger charge is 2.21. The summed E-state index contributed by atoms with van der Waals surface area (Å²) in [5.41, 5.74) is 6.89. The van der Waals surface area contributed by atoms with E-state index in [0.717, 1.165) is 14.8 Å². The van der Waals surface area contributed by atoms with Crippen molar-refractivity contribution in [1.29, 1.82) is 0 Å². The highest BCUT2D eigenvalue weighted by Crippen LogP contribution is 2.23. The summed E-state index contributed by atoms with van der Waals surface area (Å²) in [5, 5.41) is 0. The van der Waals surface area contributed by atoms with Crippen LogP contribution in [-0.4, -0.2) is 17.4 Å². The van der Waals surface area contributed by atoms with E-state index >= 15 is 0 Å². The summed E-state index contributed by atoms with van der Waals surface area (Å²) in [7, 11) is 0. The van der Waals surface area contributed by atoms with Crippen molar-refractivity contribution in [3.05, 3.63) is 57.2 Å². The fourth-order valence-corrected chi connectivity index (χ4v) is 3.07. The maximum Gasteiger partial charge on any atom is 0.244 e. The van der Waals surface area contributed by atoms with Crippen LogP contribution in [0.25, 0.3) is 0 Å². The normalized spacial score (nSPS) is 11.6. The van der Waals surface area contributed by atoms with E-state index < -0.39 is 6.04 Å². The van der Waals surface area contributed by atoms with Gasteiger partial charge < -0.3 is 10.6 Å². The van der Waals surface area contributed by atoms with Crippen LogP contribution < -0.4 is 5.73 Å². The first-order valence-corrected chi connectivity index (χ1v) is 7.64. The molecule has 0 fully saturated rings. The molecule has 2 N–H and O–H groups in total. The zero-order valence-corrected chi connectivity index (χ0v) is 14.0. The first kappa shape index (κ1) is 18.0. The first-order chi connectivity index (χ1) is 9.61. The van der Waals surface area contributed by atoms with Gasteiger partial charge in [0.2, 0.25) is 5.91 Å². The number of nitrogens with zero attached hydrogens (tertiary/aromatic N) is 1. The molecule has 1 amide bonds. The summed E-state index contributed by atoms with van der Waals surface area (Å²) in [6.07, 6.45) is 0. The minimum Gasteiger partial charge on any atom is -0.336 e. The standard InChI is InChI=1S/C15H17ClN2OS.ClH/c1-2-18(10-12-8-9-13(16)20-12)15(19)14(17)11-6-4-3-5-7-11;/h3-9,14H,2,10,17H2,1H3;1H. The second kappa shape index (κ2) is 8.39. The Morgan fingerprint density at radius 3 is 2.48 bits per heavy atom. The van der Waals surface area contributed by atoms with E-state index in [2.05, 4.69) is 0 Å². The van der Waals surface area contributed by atoms with E-state index in [1.165, 1.54) is 11.3 Å². The Hall–Kier alpha value is -1.07. The summed E-state index contributed by atoms with van der Waals surface area (Å²) in [6.45, 7) is 3.12. The molecule has 0 spiro atoms. The van der Waals surface area contributed by atoms with Gasteiger partial charge in [-0.2, -0.15) is 0 Å². The van der Waals surface area contributed by atoms with Gasteiger partial charge in [0.25, 0.3) is 0 Å². The largest absolute Gasteiger partial charge is 0.336 e. The van der Waals surface area contributed by atoms with Crippen LogP contribution in [0.4, 0.5) is 0 Å². The SMILES string of the molecule is CCN(Cc1ccc(Cl)s1)C(=O)C(N)c1ccccc1.Cl. The van der Waals surface area contributed by atoms with Gasteiger partial charge in [-0.05, 0) is 24.6 Å². The van der Waals surface area contributed by atoms with Crippen LogP contribution in [0.15, 0.2) is 42.5 Å². The van der Waals surface area contributed by atoms with Gasteiger partial charge in [0, 0.05) is 11.4 Å². The lowest BCUT2D eigenvalue weighted by Crippen LogP contribution is -2.37. The van der Waals surface area contributed by atoms with Gasteiger partial charge in [-0.1, -0.05) is 41.9 Å². The van der Waals surface area contributed by atoms with Gasteiger partial charge in [0.05, 0.1) is 10.9 Å². The quantitative estimate of drug-likeness (QED) is 0.894. The molecule has 0 radical (unpaired) electrons. The first-order valence-electron chi connectivity index (χ1n) is 6.45. The van der Waals surface area contributed by atoms with Crippen molar-refractivity contribution in [1.82, 2.24) is 4.90 Å². The molecule has 1 heterocycles. The number of hydrogen-bond donors (Lipinski definition) is 1. The molecule has 0 aliphatic heterocycles. The van der Waals surface area contributed by atoms with Crippen LogP contribution in [-0.2, 0) is 11.3 Å². The molecule has 2 aromatic rings. The Labute approximate surface area is 140 Å².